The van der Waals surface area contributed by atoms with E-state index in [1.165, 1.54) is 0 Å². The Morgan fingerprint density at radius 2 is 1.76 bits per heavy atom. The Morgan fingerprint density at radius 1 is 1.03 bits per heavy atom. The lowest BCUT2D eigenvalue weighted by Gasteiger charge is -2.36. The van der Waals surface area contributed by atoms with E-state index in [1.54, 1.807) is 19.1 Å². The zero-order valence-electron chi connectivity index (χ0n) is 22.5. The van der Waals surface area contributed by atoms with Gasteiger partial charge in [-0.1, -0.05) is 0 Å². The van der Waals surface area contributed by atoms with Crippen LogP contribution in [0.2, 0.25) is 0 Å². The molecular weight excluding hydrogens is 472 g/mol. The fraction of sp³-hybridized carbons (Fsp3) is 0.556. The second-order valence-electron chi connectivity index (χ2n) is 10.7. The molecule has 2 heterocycles. The number of carbonyl (C=O) groups is 2. The summed E-state index contributed by atoms with van der Waals surface area (Å²) in [4.78, 5) is 31.5. The maximum Gasteiger partial charge on any atom is 0.318 e. The highest BCUT2D eigenvalue weighted by Crippen LogP contribution is 2.32. The molecule has 1 aromatic heterocycles. The van der Waals surface area contributed by atoms with E-state index in [4.69, 9.17) is 9.47 Å². The van der Waals surface area contributed by atoms with Crippen molar-refractivity contribution in [3.8, 4) is 22.8 Å². The minimum absolute atomic E-state index is 0.0163. The minimum Gasteiger partial charge on any atom is -0.497 e. The molecule has 1 aromatic carbocycles. The summed E-state index contributed by atoms with van der Waals surface area (Å²) >= 11 is 0. The molecule has 1 N–H and O–H groups in total. The summed E-state index contributed by atoms with van der Waals surface area (Å²) in [5.74, 6) is 2.64. The highest BCUT2D eigenvalue weighted by Gasteiger charge is 2.31. The zero-order chi connectivity index (χ0) is 26.6. The molecule has 0 unspecified atom stereocenters. The Bertz CT molecular complexity index is 1090. The lowest BCUT2D eigenvalue weighted by molar-refractivity contribution is -0.132. The van der Waals surface area contributed by atoms with Crippen LogP contribution in [0.1, 0.15) is 33.6 Å². The lowest BCUT2D eigenvalue weighted by atomic mass is 10.1. The van der Waals surface area contributed by atoms with E-state index < -0.39 is 0 Å². The summed E-state index contributed by atoms with van der Waals surface area (Å²) in [6.07, 6.45) is 2.24. The average molecular weight is 511 g/mol. The van der Waals surface area contributed by atoms with E-state index >= 15 is 0 Å². The fourth-order valence-electron chi connectivity index (χ4n) is 4.33. The van der Waals surface area contributed by atoms with Crippen LogP contribution < -0.4 is 19.7 Å². The molecule has 0 spiro atoms. The van der Waals surface area contributed by atoms with Crippen molar-refractivity contribution in [2.75, 3.05) is 58.4 Å². The number of nitrogens with zero attached hydrogens (tertiary/aromatic N) is 5. The van der Waals surface area contributed by atoms with E-state index in [1.807, 2.05) is 56.0 Å². The summed E-state index contributed by atoms with van der Waals surface area (Å²) in [7, 11) is 3.23. The van der Waals surface area contributed by atoms with E-state index in [2.05, 4.69) is 20.4 Å². The van der Waals surface area contributed by atoms with Crippen LogP contribution in [0, 0.1) is 5.92 Å². The SMILES string of the molecule is COc1ccc(-c2ccc(N3CCN(C(=O)CN(CC4CC4)C(=O)NC(C)(C)C)CC3)nn2)c(OC)c1. The van der Waals surface area contributed by atoms with Gasteiger partial charge >= 0.3 is 6.03 Å². The Labute approximate surface area is 218 Å². The van der Waals surface area contributed by atoms with E-state index in [-0.39, 0.29) is 24.0 Å². The van der Waals surface area contributed by atoms with Gasteiger partial charge in [-0.15, -0.1) is 10.2 Å². The molecular formula is C27H38N6O4. The topological polar surface area (TPSA) is 100 Å². The van der Waals surface area contributed by atoms with Gasteiger partial charge in [0, 0.05) is 49.9 Å². The van der Waals surface area contributed by atoms with Crippen LogP contribution >= 0.6 is 0 Å². The van der Waals surface area contributed by atoms with Gasteiger partial charge in [-0.05, 0) is 63.8 Å². The van der Waals surface area contributed by atoms with Crippen molar-refractivity contribution in [3.63, 3.8) is 0 Å². The second kappa shape index (κ2) is 11.2. The van der Waals surface area contributed by atoms with Crippen molar-refractivity contribution in [2.45, 2.75) is 39.2 Å². The van der Waals surface area contributed by atoms with Crippen molar-refractivity contribution in [1.29, 1.82) is 0 Å². The molecule has 0 atom stereocenters. The summed E-state index contributed by atoms with van der Waals surface area (Å²) in [6, 6.07) is 9.28. The molecule has 4 rings (SSSR count). The standard InChI is InChI=1S/C27H38N6O4/c1-27(2,3)28-26(35)33(17-19-6-7-19)18-25(34)32-14-12-31(13-15-32)24-11-10-22(29-30-24)21-9-8-20(36-4)16-23(21)37-5/h8-11,16,19H,6-7,12-15,17-18H2,1-5H3,(H,28,35). The Kier molecular flexibility index (Phi) is 8.04. The first-order valence-corrected chi connectivity index (χ1v) is 12.8. The highest BCUT2D eigenvalue weighted by molar-refractivity contribution is 5.84. The first-order chi connectivity index (χ1) is 17.7. The van der Waals surface area contributed by atoms with E-state index in [0.717, 1.165) is 24.2 Å². The predicted molar refractivity (Wildman–Crippen MR) is 142 cm³/mol. The van der Waals surface area contributed by atoms with Gasteiger partial charge in [0.05, 0.1) is 19.9 Å². The molecule has 1 aliphatic carbocycles. The average Bonchev–Trinajstić information content (AvgIpc) is 3.71. The molecule has 1 aliphatic heterocycles. The molecule has 0 radical (unpaired) electrons. The molecule has 10 nitrogen and oxygen atoms in total. The third-order valence-electron chi connectivity index (χ3n) is 6.56. The Morgan fingerprint density at radius 3 is 2.32 bits per heavy atom. The predicted octanol–water partition coefficient (Wildman–Crippen LogP) is 3.03. The number of nitrogens with one attached hydrogen (secondary N) is 1. The molecule has 37 heavy (non-hydrogen) atoms. The van der Waals surface area contributed by atoms with Gasteiger partial charge in [0.2, 0.25) is 5.91 Å². The van der Waals surface area contributed by atoms with Crippen molar-refractivity contribution in [3.05, 3.63) is 30.3 Å². The van der Waals surface area contributed by atoms with E-state index in [9.17, 15) is 9.59 Å². The number of benzene rings is 1. The second-order valence-corrected chi connectivity index (χ2v) is 10.7. The molecule has 200 valence electrons. The van der Waals surface area contributed by atoms with Crippen LogP contribution in [-0.2, 0) is 4.79 Å². The van der Waals surface area contributed by atoms with Crippen molar-refractivity contribution in [2.24, 2.45) is 5.92 Å². The van der Waals surface area contributed by atoms with Crippen molar-refractivity contribution in [1.82, 2.24) is 25.3 Å². The van der Waals surface area contributed by atoms with Gasteiger partial charge in [-0.3, -0.25) is 4.79 Å². The summed E-state index contributed by atoms with van der Waals surface area (Å²) < 4.78 is 10.8. The summed E-state index contributed by atoms with van der Waals surface area (Å²) in [5.41, 5.74) is 1.20. The van der Waals surface area contributed by atoms with Gasteiger partial charge in [-0.25, -0.2) is 4.79 Å². The lowest BCUT2D eigenvalue weighted by Crippen LogP contribution is -2.55. The normalized spacial score (nSPS) is 15.8. The number of rotatable bonds is 8. The fourth-order valence-corrected chi connectivity index (χ4v) is 4.33. The number of anilines is 1. The molecule has 2 aliphatic rings. The number of hydrogen-bond acceptors (Lipinski definition) is 7. The number of amides is 3. The van der Waals surface area contributed by atoms with Crippen molar-refractivity contribution >= 4 is 17.8 Å². The molecule has 2 fully saturated rings. The molecule has 0 bridgehead atoms. The number of carbonyl (C=O) groups excluding carboxylic acids is 2. The molecule has 2 aromatic rings. The van der Waals surface area contributed by atoms with E-state index in [0.29, 0.717) is 55.8 Å². The smallest absolute Gasteiger partial charge is 0.318 e. The third-order valence-corrected chi connectivity index (χ3v) is 6.56. The number of aromatic nitrogens is 2. The number of hydrogen-bond donors (Lipinski definition) is 1. The number of urea groups is 1. The van der Waals surface area contributed by atoms with Crippen LogP contribution in [0.4, 0.5) is 10.6 Å². The van der Waals surface area contributed by atoms with Crippen LogP contribution in [-0.4, -0.2) is 91.0 Å². The molecule has 10 heteroatoms. The van der Waals surface area contributed by atoms with Gasteiger partial charge in [-0.2, -0.15) is 0 Å². The maximum absolute atomic E-state index is 13.1. The first kappa shape index (κ1) is 26.5. The number of ether oxygens (including phenoxy) is 2. The van der Waals surface area contributed by atoms with Crippen LogP contribution in [0.15, 0.2) is 30.3 Å². The maximum atomic E-state index is 13.1. The number of piperazine rings is 1. The van der Waals surface area contributed by atoms with Gasteiger partial charge in [0.15, 0.2) is 5.82 Å². The van der Waals surface area contributed by atoms with Gasteiger partial charge in [0.1, 0.15) is 18.0 Å². The Balaban J connectivity index is 1.34. The highest BCUT2D eigenvalue weighted by atomic mass is 16.5. The molecule has 1 saturated carbocycles. The summed E-state index contributed by atoms with van der Waals surface area (Å²) in [5, 5.41) is 11.9. The molecule has 3 amide bonds. The van der Waals surface area contributed by atoms with Gasteiger partial charge < -0.3 is 29.5 Å². The zero-order valence-corrected chi connectivity index (χ0v) is 22.5. The van der Waals surface area contributed by atoms with Crippen LogP contribution in [0.3, 0.4) is 0 Å². The molecule has 1 saturated heterocycles. The van der Waals surface area contributed by atoms with Crippen LogP contribution in [0.5, 0.6) is 11.5 Å². The quantitative estimate of drug-likeness (QED) is 0.583. The first-order valence-electron chi connectivity index (χ1n) is 12.8. The summed E-state index contributed by atoms with van der Waals surface area (Å²) in [6.45, 7) is 9.05. The Hall–Kier alpha value is -3.56. The monoisotopic (exact) mass is 510 g/mol. The van der Waals surface area contributed by atoms with Crippen molar-refractivity contribution < 1.29 is 19.1 Å². The van der Waals surface area contributed by atoms with Crippen LogP contribution in [0.25, 0.3) is 11.3 Å². The minimum atomic E-state index is -0.345. The van der Waals surface area contributed by atoms with Gasteiger partial charge in [0.25, 0.3) is 0 Å². The number of methoxy groups -OCH3 is 2. The third kappa shape index (κ3) is 7.02. The largest absolute Gasteiger partial charge is 0.497 e.